The highest BCUT2D eigenvalue weighted by Gasteiger charge is 2.20. The number of fused-ring (bicyclic) bond motifs is 1. The number of nitrogens with zero attached hydrogens (tertiary/aromatic N) is 2. The van der Waals surface area contributed by atoms with E-state index in [4.69, 9.17) is 9.72 Å². The third kappa shape index (κ3) is 4.92. The number of carboxylic acids is 1. The maximum absolute atomic E-state index is 11.9. The van der Waals surface area contributed by atoms with Crippen molar-refractivity contribution in [2.24, 2.45) is 0 Å². The Balaban J connectivity index is 1.65. The molecule has 4 aromatic carbocycles. The molecule has 0 saturated carbocycles. The lowest BCUT2D eigenvalue weighted by Crippen LogP contribution is -2.05. The number of ether oxygens (including phenoxy) is 1. The van der Waals surface area contributed by atoms with Gasteiger partial charge in [-0.2, -0.15) is 0 Å². The van der Waals surface area contributed by atoms with Crippen LogP contribution in [-0.2, 0) is 13.0 Å². The van der Waals surface area contributed by atoms with Gasteiger partial charge in [0.05, 0.1) is 11.1 Å². The van der Waals surface area contributed by atoms with Gasteiger partial charge in [-0.05, 0) is 72.4 Å². The van der Waals surface area contributed by atoms with Gasteiger partial charge < -0.3 is 9.84 Å². The summed E-state index contributed by atoms with van der Waals surface area (Å²) in [6.07, 6.45) is 2.96. The van der Waals surface area contributed by atoms with Crippen LogP contribution >= 0.6 is 0 Å². The number of hydrogen-bond acceptors (Lipinski definition) is 3. The average molecular weight is 505 g/mol. The maximum atomic E-state index is 11.9. The highest BCUT2D eigenvalue weighted by Crippen LogP contribution is 2.35. The molecule has 0 unspecified atom stereocenters. The minimum Gasteiger partial charge on any atom is -0.487 e. The van der Waals surface area contributed by atoms with Gasteiger partial charge in [0.1, 0.15) is 23.7 Å². The zero-order valence-corrected chi connectivity index (χ0v) is 22.1. The monoisotopic (exact) mass is 504 g/mol. The van der Waals surface area contributed by atoms with E-state index in [1.165, 1.54) is 0 Å². The van der Waals surface area contributed by atoms with Gasteiger partial charge in [0.15, 0.2) is 0 Å². The van der Waals surface area contributed by atoms with Crippen molar-refractivity contribution in [3.63, 3.8) is 0 Å². The second-order valence-electron chi connectivity index (χ2n) is 9.67. The Labute approximate surface area is 223 Å². The summed E-state index contributed by atoms with van der Waals surface area (Å²) in [6, 6.07) is 27.6. The zero-order chi connectivity index (χ0) is 26.6. The van der Waals surface area contributed by atoms with Crippen molar-refractivity contribution in [1.82, 2.24) is 9.55 Å². The number of rotatable bonds is 9. The van der Waals surface area contributed by atoms with E-state index in [2.05, 4.69) is 48.7 Å². The Kier molecular flexibility index (Phi) is 7.27. The van der Waals surface area contributed by atoms with Crippen LogP contribution in [0.3, 0.4) is 0 Å². The second kappa shape index (κ2) is 10.9. The van der Waals surface area contributed by atoms with Gasteiger partial charge in [-0.15, -0.1) is 0 Å². The van der Waals surface area contributed by atoms with E-state index in [1.807, 2.05) is 49.4 Å². The number of aromatic carboxylic acids is 1. The Morgan fingerprint density at radius 1 is 0.895 bits per heavy atom. The summed E-state index contributed by atoms with van der Waals surface area (Å²) >= 11 is 0. The molecule has 38 heavy (non-hydrogen) atoms. The standard InChI is InChI=1S/C33H32N2O3/c1-4-5-15-30-34-31-22(2)16-19-29(38-21-24-11-7-6-8-12-24)32(31)35(30)25-17-18-26(23(3)20-25)27-13-9-10-14-28(27)33(36)37/h6-14,16-20H,4-5,15,21H2,1-3H3,(H,36,37). The van der Waals surface area contributed by atoms with Gasteiger partial charge in [-0.3, -0.25) is 4.57 Å². The summed E-state index contributed by atoms with van der Waals surface area (Å²) in [7, 11) is 0. The van der Waals surface area contributed by atoms with Crippen LogP contribution in [0.4, 0.5) is 0 Å². The van der Waals surface area contributed by atoms with E-state index < -0.39 is 5.97 Å². The Hall–Kier alpha value is -4.38. The minimum absolute atomic E-state index is 0.298. The number of carboxylic acid groups (broad SMARTS) is 1. The Morgan fingerprint density at radius 2 is 1.66 bits per heavy atom. The van der Waals surface area contributed by atoms with Gasteiger partial charge in [0.25, 0.3) is 0 Å². The van der Waals surface area contributed by atoms with Crippen molar-refractivity contribution in [2.75, 3.05) is 0 Å². The summed E-state index contributed by atoms with van der Waals surface area (Å²) in [5.74, 6) is 0.865. The van der Waals surface area contributed by atoms with E-state index in [9.17, 15) is 9.90 Å². The molecule has 0 fully saturated rings. The Morgan fingerprint density at radius 3 is 2.39 bits per heavy atom. The van der Waals surface area contributed by atoms with Crippen LogP contribution in [0.25, 0.3) is 27.8 Å². The average Bonchev–Trinajstić information content (AvgIpc) is 3.32. The number of benzene rings is 4. The van der Waals surface area contributed by atoms with Crippen LogP contribution < -0.4 is 4.74 Å². The van der Waals surface area contributed by atoms with E-state index >= 15 is 0 Å². The first-order valence-corrected chi connectivity index (χ1v) is 13.1. The molecule has 0 bridgehead atoms. The fourth-order valence-electron chi connectivity index (χ4n) is 4.95. The number of aromatic nitrogens is 2. The van der Waals surface area contributed by atoms with Crippen molar-refractivity contribution in [3.05, 3.63) is 113 Å². The first-order chi connectivity index (χ1) is 18.5. The van der Waals surface area contributed by atoms with Crippen molar-refractivity contribution in [3.8, 4) is 22.6 Å². The molecule has 0 spiro atoms. The predicted molar refractivity (Wildman–Crippen MR) is 152 cm³/mol. The molecule has 1 N–H and O–H groups in total. The lowest BCUT2D eigenvalue weighted by atomic mass is 9.95. The van der Waals surface area contributed by atoms with Crippen LogP contribution in [-0.4, -0.2) is 20.6 Å². The molecule has 0 saturated heterocycles. The third-order valence-electron chi connectivity index (χ3n) is 6.95. The number of aryl methyl sites for hydroxylation is 3. The largest absolute Gasteiger partial charge is 0.487 e. The summed E-state index contributed by atoms with van der Waals surface area (Å²) < 4.78 is 8.60. The van der Waals surface area contributed by atoms with Gasteiger partial charge >= 0.3 is 5.97 Å². The smallest absolute Gasteiger partial charge is 0.336 e. The summed E-state index contributed by atoms with van der Waals surface area (Å²) in [6.45, 7) is 6.77. The lowest BCUT2D eigenvalue weighted by molar-refractivity contribution is 0.0697. The molecular weight excluding hydrogens is 472 g/mol. The first kappa shape index (κ1) is 25.3. The predicted octanol–water partition coefficient (Wildman–Crippen LogP) is 7.93. The van der Waals surface area contributed by atoms with E-state index in [0.29, 0.717) is 17.7 Å². The van der Waals surface area contributed by atoms with Crippen LogP contribution in [0.5, 0.6) is 5.75 Å². The molecule has 5 rings (SSSR count). The molecule has 5 aromatic rings. The zero-order valence-electron chi connectivity index (χ0n) is 22.1. The molecule has 1 aromatic heterocycles. The molecule has 0 atom stereocenters. The lowest BCUT2D eigenvalue weighted by Gasteiger charge is -2.16. The molecule has 0 radical (unpaired) electrons. The Bertz CT molecular complexity index is 1600. The third-order valence-corrected chi connectivity index (χ3v) is 6.95. The number of unbranched alkanes of at least 4 members (excludes halogenated alkanes) is 1. The minimum atomic E-state index is -0.929. The van der Waals surface area contributed by atoms with Gasteiger partial charge in [-0.25, -0.2) is 9.78 Å². The summed E-state index contributed by atoms with van der Waals surface area (Å²) in [4.78, 5) is 17.0. The van der Waals surface area contributed by atoms with E-state index in [0.717, 1.165) is 69.8 Å². The second-order valence-corrected chi connectivity index (χ2v) is 9.67. The van der Waals surface area contributed by atoms with E-state index in [1.54, 1.807) is 12.1 Å². The van der Waals surface area contributed by atoms with Crippen LogP contribution in [0.15, 0.2) is 84.9 Å². The summed E-state index contributed by atoms with van der Waals surface area (Å²) in [5, 5.41) is 9.72. The fourth-order valence-corrected chi connectivity index (χ4v) is 4.95. The number of hydrogen-bond donors (Lipinski definition) is 1. The molecule has 0 aliphatic heterocycles. The van der Waals surface area contributed by atoms with Gasteiger partial charge in [-0.1, -0.05) is 74.0 Å². The van der Waals surface area contributed by atoms with Crippen molar-refractivity contribution < 1.29 is 14.6 Å². The van der Waals surface area contributed by atoms with Crippen molar-refractivity contribution in [1.29, 1.82) is 0 Å². The highest BCUT2D eigenvalue weighted by molar-refractivity contribution is 5.96. The van der Waals surface area contributed by atoms with Crippen molar-refractivity contribution in [2.45, 2.75) is 46.6 Å². The molecule has 5 nitrogen and oxygen atoms in total. The quantitative estimate of drug-likeness (QED) is 0.221. The molecule has 0 amide bonds. The SMILES string of the molecule is CCCCc1nc2c(C)ccc(OCc3ccccc3)c2n1-c1ccc(-c2ccccc2C(=O)O)c(C)c1. The van der Waals surface area contributed by atoms with Crippen LogP contribution in [0.2, 0.25) is 0 Å². The van der Waals surface area contributed by atoms with E-state index in [-0.39, 0.29) is 0 Å². The molecule has 192 valence electrons. The number of carbonyl (C=O) groups is 1. The fraction of sp³-hybridized carbons (Fsp3) is 0.212. The highest BCUT2D eigenvalue weighted by atomic mass is 16.5. The van der Waals surface area contributed by atoms with Crippen LogP contribution in [0.1, 0.15) is 52.6 Å². The van der Waals surface area contributed by atoms with Crippen molar-refractivity contribution >= 4 is 17.0 Å². The topological polar surface area (TPSA) is 64.4 Å². The van der Waals surface area contributed by atoms with Gasteiger partial charge in [0.2, 0.25) is 0 Å². The summed E-state index contributed by atoms with van der Waals surface area (Å²) in [5.41, 5.74) is 8.03. The van der Waals surface area contributed by atoms with Crippen LogP contribution in [0, 0.1) is 13.8 Å². The molecular formula is C33H32N2O3. The molecule has 1 heterocycles. The molecule has 5 heteroatoms. The molecule has 0 aliphatic carbocycles. The maximum Gasteiger partial charge on any atom is 0.336 e. The molecule has 0 aliphatic rings. The first-order valence-electron chi connectivity index (χ1n) is 13.1. The number of imidazole rings is 1. The van der Waals surface area contributed by atoms with Gasteiger partial charge in [0, 0.05) is 12.1 Å². The normalized spacial score (nSPS) is 11.1.